The van der Waals surface area contributed by atoms with E-state index in [1.807, 2.05) is 25.1 Å². The molecule has 2 aliphatic heterocycles. The van der Waals surface area contributed by atoms with Crippen molar-refractivity contribution >= 4 is 35.9 Å². The lowest BCUT2D eigenvalue weighted by Gasteiger charge is -2.18. The first kappa shape index (κ1) is 31.7. The lowest BCUT2D eigenvalue weighted by Crippen LogP contribution is -2.27. The van der Waals surface area contributed by atoms with Crippen molar-refractivity contribution < 1.29 is 13.9 Å². The first-order valence-corrected chi connectivity index (χ1v) is 14.9. The van der Waals surface area contributed by atoms with Crippen LogP contribution in [0.15, 0.2) is 48.8 Å². The second-order valence-electron chi connectivity index (χ2n) is 10.9. The highest BCUT2D eigenvalue weighted by Crippen LogP contribution is 2.32. The SMILES string of the molecule is C=C(F)/C=c1/ccc(N2CCC(C)C2)c/c1=C/C.Clc1cc(CCCN2CCCC2)ccc1OC1CC1.NC=O. The first-order chi connectivity index (χ1) is 19.3. The summed E-state index contributed by atoms with van der Waals surface area (Å²) in [7, 11) is 0. The van der Waals surface area contributed by atoms with Gasteiger partial charge in [-0.1, -0.05) is 43.3 Å². The van der Waals surface area contributed by atoms with E-state index in [9.17, 15) is 4.39 Å². The van der Waals surface area contributed by atoms with Gasteiger partial charge in [-0.2, -0.15) is 0 Å². The number of carbonyl (C=O) groups is 1. The molecule has 5 nitrogen and oxygen atoms in total. The molecule has 1 unspecified atom stereocenters. The molecule has 2 aromatic rings. The summed E-state index contributed by atoms with van der Waals surface area (Å²) >= 11 is 6.27. The topological polar surface area (TPSA) is 58.8 Å². The highest BCUT2D eigenvalue weighted by Gasteiger charge is 2.24. The van der Waals surface area contributed by atoms with E-state index >= 15 is 0 Å². The summed E-state index contributed by atoms with van der Waals surface area (Å²) in [6.45, 7) is 13.6. The molecule has 2 saturated heterocycles. The zero-order valence-electron chi connectivity index (χ0n) is 24.1. The Balaban J connectivity index is 0.000000201. The van der Waals surface area contributed by atoms with Crippen molar-refractivity contribution in [3.05, 3.63) is 69.8 Å². The Morgan fingerprint density at radius 1 is 1.12 bits per heavy atom. The Hall–Kier alpha value is -2.83. The van der Waals surface area contributed by atoms with Gasteiger partial charge in [0.2, 0.25) is 6.41 Å². The highest BCUT2D eigenvalue weighted by atomic mass is 35.5. The van der Waals surface area contributed by atoms with Crippen LogP contribution in [0.4, 0.5) is 10.1 Å². The Morgan fingerprint density at radius 3 is 2.42 bits per heavy atom. The van der Waals surface area contributed by atoms with Crippen LogP contribution in [0, 0.1) is 5.92 Å². The third-order valence-electron chi connectivity index (χ3n) is 7.44. The molecular formula is C33H45ClFN3O2. The van der Waals surface area contributed by atoms with Gasteiger partial charge in [0.15, 0.2) is 0 Å². The maximum atomic E-state index is 12.9. The summed E-state index contributed by atoms with van der Waals surface area (Å²) in [5.41, 5.74) is 6.72. The number of halogens is 2. The van der Waals surface area contributed by atoms with Gasteiger partial charge in [-0.25, -0.2) is 4.39 Å². The molecule has 1 amide bonds. The molecule has 0 radical (unpaired) electrons. The molecule has 0 aromatic heterocycles. The Labute approximate surface area is 244 Å². The van der Waals surface area contributed by atoms with Crippen LogP contribution in [-0.4, -0.2) is 50.1 Å². The number of benzene rings is 2. The van der Waals surface area contributed by atoms with E-state index in [-0.39, 0.29) is 6.41 Å². The van der Waals surface area contributed by atoms with Crippen LogP contribution >= 0.6 is 11.6 Å². The number of hydrogen-bond acceptors (Lipinski definition) is 4. The van der Waals surface area contributed by atoms with Gasteiger partial charge in [0.05, 0.1) is 11.1 Å². The van der Waals surface area contributed by atoms with E-state index in [1.165, 1.54) is 75.5 Å². The molecular weight excluding hydrogens is 525 g/mol. The minimum Gasteiger partial charge on any atom is -0.489 e. The lowest BCUT2D eigenvalue weighted by atomic mass is 10.1. The number of ether oxygens (including phenoxy) is 1. The van der Waals surface area contributed by atoms with Crippen molar-refractivity contribution in [2.24, 2.45) is 11.7 Å². The van der Waals surface area contributed by atoms with Gasteiger partial charge in [0.1, 0.15) is 11.6 Å². The number of anilines is 1. The van der Waals surface area contributed by atoms with Crippen molar-refractivity contribution in [3.63, 3.8) is 0 Å². The smallest absolute Gasteiger partial charge is 0.204 e. The third-order valence-corrected chi connectivity index (χ3v) is 7.73. The molecule has 2 aromatic carbocycles. The molecule has 1 saturated carbocycles. The molecule has 0 spiro atoms. The van der Waals surface area contributed by atoms with Gasteiger partial charge >= 0.3 is 0 Å². The Morgan fingerprint density at radius 2 is 1.85 bits per heavy atom. The summed E-state index contributed by atoms with van der Waals surface area (Å²) in [5.74, 6) is 1.21. The second kappa shape index (κ2) is 16.4. The molecule has 40 heavy (non-hydrogen) atoms. The van der Waals surface area contributed by atoms with Crippen LogP contribution in [0.1, 0.15) is 57.9 Å². The fourth-order valence-corrected chi connectivity index (χ4v) is 5.40. The molecule has 3 aliphatic rings. The second-order valence-corrected chi connectivity index (χ2v) is 11.3. The molecule has 7 heteroatoms. The molecule has 5 rings (SSSR count). The average molecular weight is 570 g/mol. The maximum absolute atomic E-state index is 12.9. The van der Waals surface area contributed by atoms with Gasteiger partial charge in [-0.15, -0.1) is 0 Å². The predicted octanol–water partition coefficient (Wildman–Crippen LogP) is 5.61. The molecule has 2 heterocycles. The number of aryl methyl sites for hydroxylation is 1. The quantitative estimate of drug-likeness (QED) is 0.420. The number of rotatable bonds is 8. The van der Waals surface area contributed by atoms with Crippen molar-refractivity contribution in [2.75, 3.05) is 37.6 Å². The molecule has 1 atom stereocenters. The van der Waals surface area contributed by atoms with Crippen molar-refractivity contribution in [1.29, 1.82) is 0 Å². The van der Waals surface area contributed by atoms with Crippen molar-refractivity contribution in [2.45, 2.75) is 64.9 Å². The van der Waals surface area contributed by atoms with Crippen LogP contribution < -0.4 is 25.8 Å². The van der Waals surface area contributed by atoms with Crippen LogP contribution in [0.25, 0.3) is 12.2 Å². The Kier molecular flexibility index (Phi) is 13.0. The van der Waals surface area contributed by atoms with E-state index < -0.39 is 5.83 Å². The number of primary amides is 1. The molecule has 218 valence electrons. The summed E-state index contributed by atoms with van der Waals surface area (Å²) < 4.78 is 18.6. The number of nitrogens with zero attached hydrogens (tertiary/aromatic N) is 2. The zero-order valence-corrected chi connectivity index (χ0v) is 24.8. The number of nitrogens with two attached hydrogens (primary N) is 1. The van der Waals surface area contributed by atoms with Gasteiger partial charge < -0.3 is 20.3 Å². The summed E-state index contributed by atoms with van der Waals surface area (Å²) in [5, 5.41) is 2.72. The standard InChI is InChI=1S/C16H22ClNO.C16H20FN.CH3NO/c17-15-12-13(4-3-11-18-9-1-2-10-18)5-8-16(15)19-14-6-7-14;1-4-14-10-16(18-8-7-12(2)11-18)6-5-15(14)9-13(3)17;2-1-3/h5,8,12,14H,1-4,6-7,9-11H2;4-6,9-10,12H,3,7-8,11H2,1-2H3;1H,(H2,2,3)/b;14-4-,15-9-;. The summed E-state index contributed by atoms with van der Waals surface area (Å²) in [6.07, 6.45) is 12.8. The number of hydrogen-bond donors (Lipinski definition) is 1. The van der Waals surface area contributed by atoms with E-state index in [1.54, 1.807) is 0 Å². The molecule has 0 bridgehead atoms. The monoisotopic (exact) mass is 569 g/mol. The number of allylic oxidation sites excluding steroid dienone is 1. The normalized spacial score (nSPS) is 19.5. The molecule has 2 N–H and O–H groups in total. The van der Waals surface area contributed by atoms with E-state index in [2.05, 4.69) is 53.3 Å². The fourth-order valence-electron chi connectivity index (χ4n) is 5.15. The third kappa shape index (κ3) is 10.6. The number of carbonyl (C=O) groups excluding carboxylic acids is 1. The minimum atomic E-state index is -0.402. The van der Waals surface area contributed by atoms with Crippen molar-refractivity contribution in [1.82, 2.24) is 4.90 Å². The van der Waals surface area contributed by atoms with Crippen LogP contribution in [0.5, 0.6) is 5.75 Å². The number of likely N-dealkylation sites (tertiary alicyclic amines) is 1. The van der Waals surface area contributed by atoms with Crippen LogP contribution in [-0.2, 0) is 11.2 Å². The minimum absolute atomic E-state index is 0.250. The van der Waals surface area contributed by atoms with E-state index in [0.717, 1.165) is 46.6 Å². The van der Waals surface area contributed by atoms with Crippen LogP contribution in [0.2, 0.25) is 5.02 Å². The average Bonchev–Trinajstić information content (AvgIpc) is 3.38. The summed E-state index contributed by atoms with van der Waals surface area (Å²) in [4.78, 5) is 13.5. The maximum Gasteiger partial charge on any atom is 0.204 e. The fraction of sp³-hybridized carbons (Fsp3) is 0.485. The molecule has 3 fully saturated rings. The van der Waals surface area contributed by atoms with Crippen molar-refractivity contribution in [3.8, 4) is 5.75 Å². The number of amides is 1. The highest BCUT2D eigenvalue weighted by molar-refractivity contribution is 6.32. The largest absolute Gasteiger partial charge is 0.489 e. The van der Waals surface area contributed by atoms with E-state index in [4.69, 9.17) is 21.1 Å². The molecule has 1 aliphatic carbocycles. The summed E-state index contributed by atoms with van der Waals surface area (Å²) in [6, 6.07) is 12.4. The van der Waals surface area contributed by atoms with Crippen LogP contribution in [0.3, 0.4) is 0 Å². The first-order valence-electron chi connectivity index (χ1n) is 14.5. The van der Waals surface area contributed by atoms with Gasteiger partial charge in [-0.3, -0.25) is 4.79 Å². The predicted molar refractivity (Wildman–Crippen MR) is 166 cm³/mol. The lowest BCUT2D eigenvalue weighted by molar-refractivity contribution is -0.106. The van der Waals surface area contributed by atoms with Gasteiger partial charge in [0.25, 0.3) is 0 Å². The zero-order chi connectivity index (χ0) is 28.9. The van der Waals surface area contributed by atoms with E-state index in [0.29, 0.717) is 6.10 Å². The van der Waals surface area contributed by atoms with Gasteiger partial charge in [0, 0.05) is 18.8 Å². The van der Waals surface area contributed by atoms with Gasteiger partial charge in [-0.05, 0) is 124 Å². The Bertz CT molecular complexity index is 1220.